The van der Waals surface area contributed by atoms with Gasteiger partial charge in [0, 0.05) is 36.3 Å². The average molecular weight is 293 g/mol. The zero-order valence-corrected chi connectivity index (χ0v) is 12.9. The molecule has 2 aromatic heterocycles. The minimum absolute atomic E-state index is 0.0860. The highest BCUT2D eigenvalue weighted by Crippen LogP contribution is 2.26. The molecule has 108 valence electrons. The second-order valence-electron chi connectivity index (χ2n) is 5.22. The Hall–Kier alpha value is -1.24. The number of aryl methyl sites for hydroxylation is 3. The van der Waals surface area contributed by atoms with Gasteiger partial charge in [-0.1, -0.05) is 5.16 Å². The van der Waals surface area contributed by atoms with Crippen molar-refractivity contribution in [3.05, 3.63) is 33.1 Å². The lowest BCUT2D eigenvalue weighted by Gasteiger charge is -2.31. The minimum Gasteiger partial charge on any atom is -0.368 e. The van der Waals surface area contributed by atoms with Crippen molar-refractivity contribution >= 4 is 11.3 Å². The molecule has 1 fully saturated rings. The van der Waals surface area contributed by atoms with E-state index in [1.165, 1.54) is 5.56 Å². The zero-order chi connectivity index (χ0) is 14.1. The van der Waals surface area contributed by atoms with Crippen LogP contribution in [-0.2, 0) is 11.3 Å². The fourth-order valence-electron chi connectivity index (χ4n) is 2.47. The molecule has 0 N–H and O–H groups in total. The molecule has 2 aromatic rings. The number of thiazole rings is 1. The molecule has 0 aliphatic carbocycles. The highest BCUT2D eigenvalue weighted by molar-refractivity contribution is 7.09. The molecule has 1 aliphatic rings. The van der Waals surface area contributed by atoms with Crippen LogP contribution < -0.4 is 0 Å². The van der Waals surface area contributed by atoms with Crippen molar-refractivity contribution in [3.63, 3.8) is 0 Å². The third kappa shape index (κ3) is 2.77. The highest BCUT2D eigenvalue weighted by atomic mass is 32.1. The third-order valence-corrected chi connectivity index (χ3v) is 4.68. The Morgan fingerprint density at radius 2 is 2.25 bits per heavy atom. The maximum Gasteiger partial charge on any atom is 0.138 e. The van der Waals surface area contributed by atoms with Crippen molar-refractivity contribution in [2.75, 3.05) is 19.7 Å². The number of ether oxygens (including phenoxy) is 1. The molecule has 3 rings (SSSR count). The first-order valence-electron chi connectivity index (χ1n) is 6.81. The van der Waals surface area contributed by atoms with Crippen molar-refractivity contribution < 1.29 is 9.26 Å². The summed E-state index contributed by atoms with van der Waals surface area (Å²) in [6, 6.07) is 0. The summed E-state index contributed by atoms with van der Waals surface area (Å²) in [6.07, 6.45) is 0.0860. The van der Waals surface area contributed by atoms with Gasteiger partial charge in [-0.25, -0.2) is 4.98 Å². The van der Waals surface area contributed by atoms with Gasteiger partial charge in [0.05, 0.1) is 12.3 Å². The summed E-state index contributed by atoms with van der Waals surface area (Å²) in [5, 5.41) is 7.17. The fourth-order valence-corrected chi connectivity index (χ4v) is 3.30. The van der Waals surface area contributed by atoms with Gasteiger partial charge in [0.15, 0.2) is 0 Å². The van der Waals surface area contributed by atoms with E-state index < -0.39 is 0 Å². The lowest BCUT2D eigenvalue weighted by atomic mass is 10.1. The largest absolute Gasteiger partial charge is 0.368 e. The van der Waals surface area contributed by atoms with Crippen molar-refractivity contribution in [3.8, 4) is 0 Å². The van der Waals surface area contributed by atoms with E-state index in [9.17, 15) is 0 Å². The van der Waals surface area contributed by atoms with E-state index in [1.54, 1.807) is 11.3 Å². The van der Waals surface area contributed by atoms with Gasteiger partial charge in [0.2, 0.25) is 0 Å². The van der Waals surface area contributed by atoms with Crippen molar-refractivity contribution in [1.82, 2.24) is 15.0 Å². The Labute approximate surface area is 122 Å². The summed E-state index contributed by atoms with van der Waals surface area (Å²) in [4.78, 5) is 6.92. The molecule has 0 unspecified atom stereocenters. The number of nitrogens with zero attached hydrogens (tertiary/aromatic N) is 3. The molecule has 3 heterocycles. The van der Waals surface area contributed by atoms with Gasteiger partial charge in [-0.15, -0.1) is 11.3 Å². The van der Waals surface area contributed by atoms with Crippen LogP contribution in [0.2, 0.25) is 0 Å². The Bertz CT molecular complexity index is 574. The molecule has 0 aromatic carbocycles. The van der Waals surface area contributed by atoms with E-state index in [0.717, 1.165) is 48.4 Å². The second kappa shape index (κ2) is 5.63. The molecule has 0 saturated carbocycles. The molecule has 0 radical (unpaired) electrons. The monoisotopic (exact) mass is 293 g/mol. The first-order chi connectivity index (χ1) is 9.63. The number of hydrogen-bond acceptors (Lipinski definition) is 6. The zero-order valence-electron chi connectivity index (χ0n) is 12.0. The van der Waals surface area contributed by atoms with Crippen LogP contribution in [0.5, 0.6) is 0 Å². The van der Waals surface area contributed by atoms with E-state index in [0.29, 0.717) is 0 Å². The summed E-state index contributed by atoms with van der Waals surface area (Å²) in [5.41, 5.74) is 3.24. The number of aromatic nitrogens is 2. The smallest absolute Gasteiger partial charge is 0.138 e. The van der Waals surface area contributed by atoms with Gasteiger partial charge in [-0.3, -0.25) is 4.90 Å². The van der Waals surface area contributed by atoms with Crippen LogP contribution in [0.3, 0.4) is 0 Å². The first kappa shape index (κ1) is 13.7. The lowest BCUT2D eigenvalue weighted by molar-refractivity contribution is -0.0332. The standard InChI is InChI=1S/C14H19N3O2S/c1-9-8-20-14(15-9)13-7-17(4-5-18-13)6-12-10(2)16-19-11(12)3/h8,13H,4-7H2,1-3H3/t13-/m1/s1. The number of hydrogen-bond donors (Lipinski definition) is 0. The predicted octanol–water partition coefficient (Wildman–Crippen LogP) is 2.63. The highest BCUT2D eigenvalue weighted by Gasteiger charge is 2.25. The number of morpholine rings is 1. The molecule has 1 atom stereocenters. The summed E-state index contributed by atoms with van der Waals surface area (Å²) >= 11 is 1.68. The van der Waals surface area contributed by atoms with E-state index >= 15 is 0 Å². The minimum atomic E-state index is 0.0860. The number of rotatable bonds is 3. The van der Waals surface area contributed by atoms with E-state index in [2.05, 4.69) is 20.4 Å². The van der Waals surface area contributed by atoms with Crippen molar-refractivity contribution in [2.45, 2.75) is 33.4 Å². The Balaban J connectivity index is 1.69. The van der Waals surface area contributed by atoms with Gasteiger partial charge < -0.3 is 9.26 Å². The molecule has 1 saturated heterocycles. The maximum atomic E-state index is 5.85. The predicted molar refractivity (Wildman–Crippen MR) is 76.8 cm³/mol. The van der Waals surface area contributed by atoms with Gasteiger partial charge in [-0.2, -0.15) is 0 Å². The molecular weight excluding hydrogens is 274 g/mol. The normalized spacial score (nSPS) is 20.4. The SMILES string of the molecule is Cc1csc([C@H]2CN(Cc3c(C)noc3C)CCO2)n1. The maximum absolute atomic E-state index is 5.85. The molecule has 0 amide bonds. The molecule has 1 aliphatic heterocycles. The van der Waals surface area contributed by atoms with Gasteiger partial charge in [0.1, 0.15) is 16.9 Å². The molecule has 0 bridgehead atoms. The van der Waals surface area contributed by atoms with Crippen LogP contribution >= 0.6 is 11.3 Å². The molecular formula is C14H19N3O2S. The topological polar surface area (TPSA) is 51.4 Å². The summed E-state index contributed by atoms with van der Waals surface area (Å²) in [5.74, 6) is 0.913. The Morgan fingerprint density at radius 1 is 1.40 bits per heavy atom. The fraction of sp³-hybridized carbons (Fsp3) is 0.571. The molecule has 5 nitrogen and oxygen atoms in total. The summed E-state index contributed by atoms with van der Waals surface area (Å²) in [6.45, 7) is 9.40. The van der Waals surface area contributed by atoms with Crippen molar-refractivity contribution in [2.24, 2.45) is 0 Å². The van der Waals surface area contributed by atoms with Crippen LogP contribution in [0.15, 0.2) is 9.90 Å². The first-order valence-corrected chi connectivity index (χ1v) is 7.69. The summed E-state index contributed by atoms with van der Waals surface area (Å²) in [7, 11) is 0. The van der Waals surface area contributed by atoms with Crippen LogP contribution in [-0.4, -0.2) is 34.7 Å². The van der Waals surface area contributed by atoms with Crippen LogP contribution in [0.1, 0.15) is 33.8 Å². The van der Waals surface area contributed by atoms with Gasteiger partial charge in [-0.05, 0) is 20.8 Å². The van der Waals surface area contributed by atoms with Crippen LogP contribution in [0.4, 0.5) is 0 Å². The van der Waals surface area contributed by atoms with Crippen LogP contribution in [0, 0.1) is 20.8 Å². The van der Waals surface area contributed by atoms with Gasteiger partial charge >= 0.3 is 0 Å². The summed E-state index contributed by atoms with van der Waals surface area (Å²) < 4.78 is 11.1. The quantitative estimate of drug-likeness (QED) is 0.870. The molecule has 20 heavy (non-hydrogen) atoms. The van der Waals surface area contributed by atoms with E-state index in [-0.39, 0.29) is 6.10 Å². The third-order valence-electron chi connectivity index (χ3n) is 3.63. The van der Waals surface area contributed by atoms with Crippen LogP contribution in [0.25, 0.3) is 0 Å². The average Bonchev–Trinajstić information content (AvgIpc) is 3.00. The Morgan fingerprint density at radius 3 is 2.90 bits per heavy atom. The van der Waals surface area contributed by atoms with E-state index in [1.807, 2.05) is 20.8 Å². The molecule has 0 spiro atoms. The Kier molecular flexibility index (Phi) is 3.87. The van der Waals surface area contributed by atoms with Gasteiger partial charge in [0.25, 0.3) is 0 Å². The lowest BCUT2D eigenvalue weighted by Crippen LogP contribution is -2.38. The van der Waals surface area contributed by atoms with Crippen molar-refractivity contribution in [1.29, 1.82) is 0 Å². The van der Waals surface area contributed by atoms with E-state index in [4.69, 9.17) is 9.26 Å². The second-order valence-corrected chi connectivity index (χ2v) is 6.11. The molecule has 6 heteroatoms.